The highest BCUT2D eigenvalue weighted by Crippen LogP contribution is 2.05. The minimum Gasteiger partial charge on any atom is -0.170 e. The van der Waals surface area contributed by atoms with Crippen LogP contribution >= 0.6 is 0 Å². The molecule has 0 atom stereocenters. The van der Waals surface area contributed by atoms with Crippen LogP contribution in [0.2, 0.25) is 0 Å². The lowest BCUT2D eigenvalue weighted by Gasteiger charge is -2.12. The first-order valence-corrected chi connectivity index (χ1v) is 4.72. The van der Waals surface area contributed by atoms with Crippen molar-refractivity contribution in [3.63, 3.8) is 0 Å². The topological polar surface area (TPSA) is 36.1 Å². The Morgan fingerprint density at radius 2 is 1.60 bits per heavy atom. The highest BCUT2D eigenvalue weighted by Gasteiger charge is 2.06. The van der Waals surface area contributed by atoms with Gasteiger partial charge in [-0.25, -0.2) is 0 Å². The van der Waals surface area contributed by atoms with Crippen LogP contribution in [0.1, 0.15) is 27.7 Å². The molecular formula is C7H14N2S. The van der Waals surface area contributed by atoms with Crippen LogP contribution in [0.4, 0.5) is 0 Å². The fourth-order valence-electron chi connectivity index (χ4n) is 0.802. The van der Waals surface area contributed by atoms with Crippen molar-refractivity contribution in [1.29, 1.82) is 5.26 Å². The summed E-state index contributed by atoms with van der Waals surface area (Å²) in [4.78, 5) is 0. The van der Waals surface area contributed by atoms with E-state index in [1.807, 2.05) is 6.19 Å². The molecule has 0 heterocycles. The van der Waals surface area contributed by atoms with Crippen molar-refractivity contribution in [2.24, 2.45) is 4.36 Å². The highest BCUT2D eigenvalue weighted by atomic mass is 32.2. The van der Waals surface area contributed by atoms with Crippen LogP contribution in [-0.4, -0.2) is 10.5 Å². The smallest absolute Gasteiger partial charge is 0.170 e. The molecule has 0 aliphatic carbocycles. The first-order valence-electron chi connectivity index (χ1n) is 3.41. The van der Waals surface area contributed by atoms with Crippen molar-refractivity contribution < 1.29 is 0 Å². The summed E-state index contributed by atoms with van der Waals surface area (Å²) in [6.45, 7) is 8.40. The number of hydrogen-bond acceptors (Lipinski definition) is 2. The van der Waals surface area contributed by atoms with Gasteiger partial charge in [-0.2, -0.15) is 9.62 Å². The Morgan fingerprint density at radius 1 is 1.20 bits per heavy atom. The lowest BCUT2D eigenvalue weighted by molar-refractivity contribution is 1.03. The molecule has 0 radical (unpaired) electrons. The number of rotatable bonds is 2. The van der Waals surface area contributed by atoms with E-state index in [1.165, 1.54) is 0 Å². The van der Waals surface area contributed by atoms with E-state index in [2.05, 4.69) is 32.1 Å². The Kier molecular flexibility index (Phi) is 4.29. The van der Waals surface area contributed by atoms with E-state index >= 15 is 0 Å². The molecule has 0 aromatic heterocycles. The summed E-state index contributed by atoms with van der Waals surface area (Å²) < 4.78 is 3.86. The van der Waals surface area contributed by atoms with Crippen LogP contribution in [0.15, 0.2) is 4.36 Å². The molecule has 0 rings (SSSR count). The maximum absolute atomic E-state index is 8.32. The predicted molar refractivity (Wildman–Crippen MR) is 45.7 cm³/mol. The van der Waals surface area contributed by atoms with E-state index in [0.29, 0.717) is 10.5 Å². The molecule has 0 aromatic rings. The van der Waals surface area contributed by atoms with Crippen LogP contribution in [0.3, 0.4) is 0 Å². The van der Waals surface area contributed by atoms with Crippen LogP contribution in [0.25, 0.3) is 0 Å². The Labute approximate surface area is 65.3 Å². The van der Waals surface area contributed by atoms with Crippen molar-refractivity contribution in [1.82, 2.24) is 0 Å². The quantitative estimate of drug-likeness (QED) is 0.567. The maximum atomic E-state index is 8.32. The first-order chi connectivity index (χ1) is 4.59. The van der Waals surface area contributed by atoms with Crippen molar-refractivity contribution >= 4 is 10.7 Å². The zero-order chi connectivity index (χ0) is 8.15. The molecule has 58 valence electrons. The third-order valence-corrected chi connectivity index (χ3v) is 3.34. The largest absolute Gasteiger partial charge is 0.212 e. The fraction of sp³-hybridized carbons (Fsp3) is 0.857. The van der Waals surface area contributed by atoms with Gasteiger partial charge in [-0.15, -0.1) is 0 Å². The van der Waals surface area contributed by atoms with Gasteiger partial charge in [0.15, 0.2) is 0 Å². The lowest BCUT2D eigenvalue weighted by atomic mass is 10.5. The molecule has 0 amide bonds. The number of hydrogen-bond donors (Lipinski definition) is 0. The second-order valence-corrected chi connectivity index (χ2v) is 5.40. The average molecular weight is 158 g/mol. The molecule has 3 heteroatoms. The minimum atomic E-state index is -0.0640. The van der Waals surface area contributed by atoms with Crippen molar-refractivity contribution in [3.8, 4) is 6.19 Å². The van der Waals surface area contributed by atoms with E-state index < -0.39 is 0 Å². The summed E-state index contributed by atoms with van der Waals surface area (Å²) in [6.07, 6.45) is 1.87. The summed E-state index contributed by atoms with van der Waals surface area (Å²) >= 11 is 0. The zero-order valence-corrected chi connectivity index (χ0v) is 7.77. The molecule has 0 aliphatic rings. The van der Waals surface area contributed by atoms with E-state index in [4.69, 9.17) is 5.26 Å². The predicted octanol–water partition coefficient (Wildman–Crippen LogP) is 2.09. The van der Waals surface area contributed by atoms with Crippen molar-refractivity contribution in [2.45, 2.75) is 38.2 Å². The second-order valence-electron chi connectivity index (χ2n) is 2.64. The van der Waals surface area contributed by atoms with E-state index in [-0.39, 0.29) is 10.7 Å². The minimum absolute atomic E-state index is 0.0640. The molecule has 0 aromatic carbocycles. The SMILES string of the molecule is CC(C)S(=NC#N)C(C)C. The Morgan fingerprint density at radius 3 is 1.70 bits per heavy atom. The third kappa shape index (κ3) is 2.98. The first kappa shape index (κ1) is 9.64. The van der Waals surface area contributed by atoms with Gasteiger partial charge in [0, 0.05) is 10.5 Å². The van der Waals surface area contributed by atoms with Crippen molar-refractivity contribution in [2.75, 3.05) is 0 Å². The Hall–Kier alpha value is -0.360. The molecule has 0 fully saturated rings. The van der Waals surface area contributed by atoms with E-state index in [1.54, 1.807) is 0 Å². The van der Waals surface area contributed by atoms with Gasteiger partial charge < -0.3 is 0 Å². The van der Waals surface area contributed by atoms with Gasteiger partial charge in [-0.1, -0.05) is 38.4 Å². The van der Waals surface area contributed by atoms with Gasteiger partial charge in [-0.3, -0.25) is 0 Å². The molecule has 2 nitrogen and oxygen atoms in total. The van der Waals surface area contributed by atoms with Gasteiger partial charge in [-0.05, 0) is 0 Å². The third-order valence-electron chi connectivity index (χ3n) is 1.11. The molecular weight excluding hydrogens is 144 g/mol. The normalized spacial score (nSPS) is 10.6. The molecule has 0 bridgehead atoms. The molecule has 0 spiro atoms. The van der Waals surface area contributed by atoms with Crippen molar-refractivity contribution in [3.05, 3.63) is 0 Å². The number of nitrogens with zero attached hydrogens (tertiary/aromatic N) is 2. The molecule has 0 N–H and O–H groups in total. The summed E-state index contributed by atoms with van der Waals surface area (Å²) in [6, 6.07) is 0. The van der Waals surface area contributed by atoms with Gasteiger partial charge in [0.25, 0.3) is 0 Å². The summed E-state index contributed by atoms with van der Waals surface area (Å²) in [5, 5.41) is 9.32. The molecule has 0 saturated heterocycles. The monoisotopic (exact) mass is 158 g/mol. The summed E-state index contributed by atoms with van der Waals surface area (Å²) in [5.74, 6) is 0. The van der Waals surface area contributed by atoms with Gasteiger partial charge in [0.2, 0.25) is 6.19 Å². The van der Waals surface area contributed by atoms with Crippen LogP contribution < -0.4 is 0 Å². The van der Waals surface area contributed by atoms with E-state index in [0.717, 1.165) is 0 Å². The van der Waals surface area contributed by atoms with Crippen LogP contribution in [0, 0.1) is 11.5 Å². The maximum Gasteiger partial charge on any atom is 0.212 e. The van der Waals surface area contributed by atoms with Gasteiger partial charge in [0.1, 0.15) is 0 Å². The van der Waals surface area contributed by atoms with Crippen LogP contribution in [0.5, 0.6) is 0 Å². The zero-order valence-electron chi connectivity index (χ0n) is 6.96. The van der Waals surface area contributed by atoms with E-state index in [9.17, 15) is 0 Å². The molecule has 0 unspecified atom stereocenters. The fourth-order valence-corrected chi connectivity index (χ4v) is 2.41. The van der Waals surface area contributed by atoms with Gasteiger partial charge >= 0.3 is 0 Å². The highest BCUT2D eigenvalue weighted by molar-refractivity contribution is 7.88. The average Bonchev–Trinajstić information content (AvgIpc) is 1.81. The van der Waals surface area contributed by atoms with Gasteiger partial charge in [0.05, 0.1) is 0 Å². The standard InChI is InChI=1S/C7H14N2S/c1-6(2)10(7(3)4)9-5-8/h6-7H,1-4H3. The van der Waals surface area contributed by atoms with Crippen LogP contribution in [-0.2, 0) is 10.7 Å². The molecule has 0 aliphatic heterocycles. The summed E-state index contributed by atoms with van der Waals surface area (Å²) in [5.41, 5.74) is 0. The second kappa shape index (κ2) is 4.45. The Bertz CT molecular complexity index is 155. The molecule has 0 saturated carbocycles. The Balaban J connectivity index is 4.30. The summed E-state index contributed by atoms with van der Waals surface area (Å²) in [7, 11) is -0.0640. The molecule has 10 heavy (non-hydrogen) atoms. The lowest BCUT2D eigenvalue weighted by Crippen LogP contribution is -2.15. The number of nitriles is 1.